The number of carbonyl (C=O) groups is 1. The molecular weight excluding hydrogens is 400 g/mol. The summed E-state index contributed by atoms with van der Waals surface area (Å²) in [4.78, 5) is 12.8. The normalized spacial score (nSPS) is 12.1. The van der Waals surface area contributed by atoms with Crippen LogP contribution in [0.15, 0.2) is 83.8 Å². The molecule has 0 aliphatic rings. The molecule has 2 N–H and O–H groups in total. The maximum Gasteiger partial charge on any atom is 0.261 e. The summed E-state index contributed by atoms with van der Waals surface area (Å²) in [5.41, 5.74) is 1.70. The molecule has 0 spiro atoms. The van der Waals surface area contributed by atoms with Crippen molar-refractivity contribution >= 4 is 21.6 Å². The van der Waals surface area contributed by atoms with Crippen LogP contribution in [0.2, 0.25) is 0 Å². The Kier molecular flexibility index (Phi) is 6.74. The highest BCUT2D eigenvalue weighted by Crippen LogP contribution is 2.21. The Labute approximate surface area is 177 Å². The predicted molar refractivity (Wildman–Crippen MR) is 117 cm³/mol. The van der Waals surface area contributed by atoms with Crippen molar-refractivity contribution in [2.45, 2.75) is 24.3 Å². The lowest BCUT2D eigenvalue weighted by Gasteiger charge is -2.18. The van der Waals surface area contributed by atoms with Gasteiger partial charge >= 0.3 is 0 Å². The van der Waals surface area contributed by atoms with Gasteiger partial charge in [0.2, 0.25) is 0 Å². The smallest absolute Gasteiger partial charge is 0.261 e. The average molecular weight is 425 g/mol. The van der Waals surface area contributed by atoms with Crippen LogP contribution in [0.1, 0.15) is 35.3 Å². The van der Waals surface area contributed by atoms with Crippen LogP contribution in [0.5, 0.6) is 5.75 Å². The third kappa shape index (κ3) is 5.18. The minimum absolute atomic E-state index is 0.105. The number of anilines is 1. The van der Waals surface area contributed by atoms with Crippen LogP contribution in [0.25, 0.3) is 0 Å². The molecule has 0 bridgehead atoms. The SMILES string of the molecule is CC[C@@H](NC(=O)c1cccc(NS(=O)(=O)c2ccc(OC)cc2)c1)c1ccccc1. The van der Waals surface area contributed by atoms with Gasteiger partial charge in [0.25, 0.3) is 15.9 Å². The second-order valence-corrected chi connectivity index (χ2v) is 8.39. The Morgan fingerprint density at radius 1 is 0.967 bits per heavy atom. The summed E-state index contributed by atoms with van der Waals surface area (Å²) in [7, 11) is -2.28. The van der Waals surface area contributed by atoms with Gasteiger partial charge in [-0.3, -0.25) is 9.52 Å². The van der Waals surface area contributed by atoms with Gasteiger partial charge < -0.3 is 10.1 Å². The molecule has 3 aromatic rings. The highest BCUT2D eigenvalue weighted by atomic mass is 32.2. The molecule has 0 aliphatic heterocycles. The van der Waals surface area contributed by atoms with Crippen LogP contribution in [0.3, 0.4) is 0 Å². The first-order valence-electron chi connectivity index (χ1n) is 9.55. The van der Waals surface area contributed by atoms with Crippen molar-refractivity contribution in [3.63, 3.8) is 0 Å². The van der Waals surface area contributed by atoms with Crippen LogP contribution in [0, 0.1) is 0 Å². The molecule has 3 rings (SSSR count). The van der Waals surface area contributed by atoms with E-state index in [2.05, 4.69) is 10.0 Å². The van der Waals surface area contributed by atoms with Gasteiger partial charge in [-0.1, -0.05) is 43.3 Å². The highest BCUT2D eigenvalue weighted by Gasteiger charge is 2.17. The fraction of sp³-hybridized carbons (Fsp3) is 0.174. The lowest BCUT2D eigenvalue weighted by Crippen LogP contribution is -2.28. The number of rotatable bonds is 8. The van der Waals surface area contributed by atoms with Crippen molar-refractivity contribution in [2.75, 3.05) is 11.8 Å². The van der Waals surface area contributed by atoms with E-state index in [1.165, 1.54) is 25.3 Å². The summed E-state index contributed by atoms with van der Waals surface area (Å²) >= 11 is 0. The molecule has 0 saturated carbocycles. The topological polar surface area (TPSA) is 84.5 Å². The summed E-state index contributed by atoms with van der Waals surface area (Å²) < 4.78 is 32.9. The van der Waals surface area contributed by atoms with Crippen LogP contribution in [-0.4, -0.2) is 21.4 Å². The van der Waals surface area contributed by atoms with E-state index in [4.69, 9.17) is 4.74 Å². The van der Waals surface area contributed by atoms with E-state index in [-0.39, 0.29) is 16.8 Å². The van der Waals surface area contributed by atoms with Crippen LogP contribution >= 0.6 is 0 Å². The monoisotopic (exact) mass is 424 g/mol. The Hall–Kier alpha value is -3.32. The molecule has 0 heterocycles. The largest absolute Gasteiger partial charge is 0.497 e. The van der Waals surface area contributed by atoms with Gasteiger partial charge in [-0.2, -0.15) is 0 Å². The first-order valence-corrected chi connectivity index (χ1v) is 11.0. The van der Waals surface area contributed by atoms with Crippen molar-refractivity contribution < 1.29 is 17.9 Å². The van der Waals surface area contributed by atoms with E-state index < -0.39 is 10.0 Å². The lowest BCUT2D eigenvalue weighted by molar-refractivity contribution is 0.0935. The van der Waals surface area contributed by atoms with Gasteiger partial charge in [0.15, 0.2) is 0 Å². The van der Waals surface area contributed by atoms with E-state index in [1.807, 2.05) is 37.3 Å². The molecule has 0 saturated heterocycles. The maximum atomic E-state index is 12.7. The Morgan fingerprint density at radius 3 is 2.30 bits per heavy atom. The highest BCUT2D eigenvalue weighted by molar-refractivity contribution is 7.92. The number of ether oxygens (including phenoxy) is 1. The van der Waals surface area contributed by atoms with E-state index >= 15 is 0 Å². The van der Waals surface area contributed by atoms with Crippen LogP contribution in [-0.2, 0) is 10.0 Å². The number of nitrogens with one attached hydrogen (secondary N) is 2. The van der Waals surface area contributed by atoms with Crippen molar-refractivity contribution in [1.29, 1.82) is 0 Å². The zero-order valence-electron chi connectivity index (χ0n) is 16.8. The lowest BCUT2D eigenvalue weighted by atomic mass is 10.0. The third-order valence-corrected chi connectivity index (χ3v) is 6.06. The molecular formula is C23H24N2O4S. The number of methoxy groups -OCH3 is 1. The summed E-state index contributed by atoms with van der Waals surface area (Å²) in [5, 5.41) is 3.00. The summed E-state index contributed by atoms with van der Waals surface area (Å²) in [6, 6.07) is 22.1. The number of hydrogen-bond acceptors (Lipinski definition) is 4. The molecule has 156 valence electrons. The molecule has 0 fully saturated rings. The molecule has 1 atom stereocenters. The average Bonchev–Trinajstić information content (AvgIpc) is 2.77. The molecule has 30 heavy (non-hydrogen) atoms. The zero-order chi connectivity index (χ0) is 21.6. The second kappa shape index (κ2) is 9.45. The van der Waals surface area contributed by atoms with Crippen molar-refractivity contribution in [3.05, 3.63) is 90.0 Å². The number of benzene rings is 3. The molecule has 0 unspecified atom stereocenters. The van der Waals surface area contributed by atoms with Gasteiger partial charge in [0.1, 0.15) is 5.75 Å². The van der Waals surface area contributed by atoms with Gasteiger partial charge in [-0.25, -0.2) is 8.42 Å². The summed E-state index contributed by atoms with van der Waals surface area (Å²) in [6.45, 7) is 2.00. The van der Waals surface area contributed by atoms with E-state index in [1.54, 1.807) is 30.3 Å². The van der Waals surface area contributed by atoms with Gasteiger partial charge in [0, 0.05) is 11.3 Å². The number of amides is 1. The molecule has 0 aliphatic carbocycles. The fourth-order valence-electron chi connectivity index (χ4n) is 3.04. The molecule has 0 radical (unpaired) electrons. The quantitative estimate of drug-likeness (QED) is 0.562. The van der Waals surface area contributed by atoms with E-state index in [0.717, 1.165) is 12.0 Å². The van der Waals surface area contributed by atoms with Crippen molar-refractivity contribution in [1.82, 2.24) is 5.32 Å². The molecule has 3 aromatic carbocycles. The number of carbonyl (C=O) groups excluding carboxylic acids is 1. The van der Waals surface area contributed by atoms with E-state index in [9.17, 15) is 13.2 Å². The van der Waals surface area contributed by atoms with Gasteiger partial charge in [0.05, 0.1) is 18.0 Å². The fourth-order valence-corrected chi connectivity index (χ4v) is 4.09. The molecule has 7 heteroatoms. The van der Waals surface area contributed by atoms with E-state index in [0.29, 0.717) is 17.0 Å². The maximum absolute atomic E-state index is 12.7. The van der Waals surface area contributed by atoms with Crippen molar-refractivity contribution in [2.24, 2.45) is 0 Å². The second-order valence-electron chi connectivity index (χ2n) is 6.71. The first kappa shape index (κ1) is 21.4. The van der Waals surface area contributed by atoms with Gasteiger partial charge in [-0.15, -0.1) is 0 Å². The molecule has 1 amide bonds. The van der Waals surface area contributed by atoms with Crippen LogP contribution < -0.4 is 14.8 Å². The zero-order valence-corrected chi connectivity index (χ0v) is 17.6. The third-order valence-electron chi connectivity index (χ3n) is 4.66. The predicted octanol–water partition coefficient (Wildman–Crippen LogP) is 4.38. The number of hydrogen-bond donors (Lipinski definition) is 2. The summed E-state index contributed by atoms with van der Waals surface area (Å²) in [6.07, 6.45) is 0.736. The minimum atomic E-state index is -3.79. The first-order chi connectivity index (χ1) is 14.4. The number of sulfonamides is 1. The van der Waals surface area contributed by atoms with Crippen molar-refractivity contribution in [3.8, 4) is 5.75 Å². The van der Waals surface area contributed by atoms with Gasteiger partial charge in [-0.05, 0) is 54.4 Å². The molecule has 6 nitrogen and oxygen atoms in total. The van der Waals surface area contributed by atoms with Crippen LogP contribution in [0.4, 0.5) is 5.69 Å². The Bertz CT molecular complexity index is 1100. The Balaban J connectivity index is 1.75. The standard InChI is InChI=1S/C23H24N2O4S/c1-3-22(17-8-5-4-6-9-17)24-23(26)18-10-7-11-19(16-18)25-30(27,28)21-14-12-20(29-2)13-15-21/h4-16,22,25H,3H2,1-2H3,(H,24,26)/t22-/m1/s1. The Morgan fingerprint density at radius 2 is 1.67 bits per heavy atom. The minimum Gasteiger partial charge on any atom is -0.497 e. The molecule has 0 aromatic heterocycles. The summed E-state index contributed by atoms with van der Waals surface area (Å²) in [5.74, 6) is 0.299.